The van der Waals surface area contributed by atoms with Gasteiger partial charge in [-0.1, -0.05) is 0 Å². The monoisotopic (exact) mass is 234 g/mol. The molecule has 0 atom stereocenters. The van der Waals surface area contributed by atoms with Crippen molar-refractivity contribution in [3.63, 3.8) is 0 Å². The largest absolute Gasteiger partial charge is 0.435 e. The van der Waals surface area contributed by atoms with Gasteiger partial charge in [0.05, 0.1) is 5.69 Å². The maximum Gasteiger partial charge on any atom is 0.363 e. The Morgan fingerprint density at radius 1 is 1.47 bits per heavy atom. The molecule has 0 bridgehead atoms. The zero-order chi connectivity index (χ0) is 12.4. The Morgan fingerprint density at radius 2 is 2.24 bits per heavy atom. The van der Waals surface area contributed by atoms with Crippen LogP contribution in [0.3, 0.4) is 0 Å². The molecule has 2 aromatic rings. The second-order valence-corrected chi connectivity index (χ2v) is 3.46. The molecule has 2 rings (SSSR count). The molecule has 0 radical (unpaired) electrons. The highest BCUT2D eigenvalue weighted by atomic mass is 16.6. The fourth-order valence-corrected chi connectivity index (χ4v) is 1.34. The van der Waals surface area contributed by atoms with Crippen molar-refractivity contribution < 1.29 is 9.66 Å². The summed E-state index contributed by atoms with van der Waals surface area (Å²) in [6, 6.07) is 4.55. The number of pyridine rings is 1. The SMILES string of the molecule is Cc1cc(Oc2ccc([N+](=O)[O-])nc2)n(C)n1. The third-order valence-electron chi connectivity index (χ3n) is 2.09. The lowest BCUT2D eigenvalue weighted by molar-refractivity contribution is -0.389. The first kappa shape index (κ1) is 11.1. The number of nitro groups is 1. The maximum absolute atomic E-state index is 10.4. The minimum absolute atomic E-state index is 0.210. The Morgan fingerprint density at radius 3 is 2.71 bits per heavy atom. The predicted molar refractivity (Wildman–Crippen MR) is 58.9 cm³/mol. The Hall–Kier alpha value is -2.44. The number of ether oxygens (including phenoxy) is 1. The molecule has 0 spiro atoms. The van der Waals surface area contributed by atoms with Gasteiger partial charge in [0.15, 0.2) is 11.9 Å². The van der Waals surface area contributed by atoms with Gasteiger partial charge in [-0.15, -0.1) is 0 Å². The molecule has 0 N–H and O–H groups in total. The second-order valence-electron chi connectivity index (χ2n) is 3.46. The van der Waals surface area contributed by atoms with Gasteiger partial charge >= 0.3 is 5.82 Å². The zero-order valence-corrected chi connectivity index (χ0v) is 9.32. The Balaban J connectivity index is 2.19. The van der Waals surface area contributed by atoms with Crippen molar-refractivity contribution in [2.45, 2.75) is 6.92 Å². The molecule has 7 nitrogen and oxygen atoms in total. The molecule has 88 valence electrons. The molecule has 0 saturated carbocycles. The molecule has 0 saturated heterocycles. The van der Waals surface area contributed by atoms with Crippen molar-refractivity contribution in [1.82, 2.24) is 14.8 Å². The van der Waals surface area contributed by atoms with Gasteiger partial charge in [-0.05, 0) is 22.9 Å². The molecular formula is C10H10N4O3. The molecule has 0 aliphatic carbocycles. The van der Waals surface area contributed by atoms with Crippen LogP contribution in [0.15, 0.2) is 24.4 Å². The van der Waals surface area contributed by atoms with E-state index in [1.807, 2.05) is 6.92 Å². The van der Waals surface area contributed by atoms with Crippen molar-refractivity contribution in [3.05, 3.63) is 40.2 Å². The van der Waals surface area contributed by atoms with Crippen LogP contribution in [-0.4, -0.2) is 19.7 Å². The normalized spacial score (nSPS) is 10.2. The van der Waals surface area contributed by atoms with Gasteiger partial charge in [-0.25, -0.2) is 4.68 Å². The summed E-state index contributed by atoms with van der Waals surface area (Å²) in [5, 5.41) is 14.5. The molecule has 0 amide bonds. The Bertz CT molecular complexity index is 547. The molecule has 0 aromatic carbocycles. The molecule has 7 heteroatoms. The molecular weight excluding hydrogens is 224 g/mol. The summed E-state index contributed by atoms with van der Waals surface area (Å²) in [5.74, 6) is 0.773. The average Bonchev–Trinajstić information content (AvgIpc) is 2.58. The summed E-state index contributed by atoms with van der Waals surface area (Å²) in [6.07, 6.45) is 1.31. The smallest absolute Gasteiger partial charge is 0.363 e. The number of rotatable bonds is 3. The van der Waals surface area contributed by atoms with Gasteiger partial charge in [0.2, 0.25) is 5.88 Å². The molecule has 0 unspecified atom stereocenters. The van der Waals surface area contributed by atoms with Crippen LogP contribution in [-0.2, 0) is 7.05 Å². The number of nitrogens with zero attached hydrogens (tertiary/aromatic N) is 4. The van der Waals surface area contributed by atoms with Crippen LogP contribution in [0.25, 0.3) is 0 Å². The molecule has 0 fully saturated rings. The van der Waals surface area contributed by atoms with Gasteiger partial charge in [0.25, 0.3) is 0 Å². The summed E-state index contributed by atoms with van der Waals surface area (Å²) in [7, 11) is 1.75. The third-order valence-corrected chi connectivity index (χ3v) is 2.09. The summed E-state index contributed by atoms with van der Waals surface area (Å²) in [4.78, 5) is 13.5. The van der Waals surface area contributed by atoms with Crippen molar-refractivity contribution >= 4 is 5.82 Å². The average molecular weight is 234 g/mol. The molecule has 0 aliphatic heterocycles. The van der Waals surface area contributed by atoms with E-state index in [-0.39, 0.29) is 5.82 Å². The van der Waals surface area contributed by atoms with Gasteiger partial charge in [-0.3, -0.25) is 0 Å². The van der Waals surface area contributed by atoms with Crippen LogP contribution < -0.4 is 4.74 Å². The lowest BCUT2D eigenvalue weighted by Crippen LogP contribution is -1.96. The lowest BCUT2D eigenvalue weighted by atomic mass is 10.4. The van der Waals surface area contributed by atoms with Crippen molar-refractivity contribution in [2.75, 3.05) is 0 Å². The standard InChI is InChI=1S/C10H10N4O3/c1-7-5-10(13(2)12-7)17-8-3-4-9(11-6-8)14(15)16/h3-6H,1-2H3. The number of hydrogen-bond acceptors (Lipinski definition) is 5. The quantitative estimate of drug-likeness (QED) is 0.597. The van der Waals surface area contributed by atoms with Crippen LogP contribution in [0, 0.1) is 17.0 Å². The van der Waals surface area contributed by atoms with E-state index >= 15 is 0 Å². The van der Waals surface area contributed by atoms with Crippen LogP contribution >= 0.6 is 0 Å². The molecule has 2 aromatic heterocycles. The molecule has 0 aliphatic rings. The Kier molecular flexibility index (Phi) is 2.73. The van der Waals surface area contributed by atoms with Gasteiger partial charge in [0, 0.05) is 19.2 Å². The minimum Gasteiger partial charge on any atom is -0.435 e. The fraction of sp³-hybridized carbons (Fsp3) is 0.200. The van der Waals surface area contributed by atoms with Crippen molar-refractivity contribution in [1.29, 1.82) is 0 Å². The number of aromatic nitrogens is 3. The van der Waals surface area contributed by atoms with Crippen LogP contribution in [0.4, 0.5) is 5.82 Å². The summed E-state index contributed by atoms with van der Waals surface area (Å²) < 4.78 is 7.06. The number of aryl methyl sites for hydroxylation is 2. The summed E-state index contributed by atoms with van der Waals surface area (Å²) in [6.45, 7) is 1.85. The lowest BCUT2D eigenvalue weighted by Gasteiger charge is -2.02. The first-order valence-corrected chi connectivity index (χ1v) is 4.85. The maximum atomic E-state index is 10.4. The van der Waals surface area contributed by atoms with E-state index in [0.717, 1.165) is 5.69 Å². The highest BCUT2D eigenvalue weighted by Gasteiger charge is 2.09. The van der Waals surface area contributed by atoms with Crippen molar-refractivity contribution in [3.8, 4) is 11.6 Å². The number of hydrogen-bond donors (Lipinski definition) is 0. The minimum atomic E-state index is -0.558. The highest BCUT2D eigenvalue weighted by Crippen LogP contribution is 2.21. The first-order valence-electron chi connectivity index (χ1n) is 4.85. The van der Waals surface area contributed by atoms with Crippen molar-refractivity contribution in [2.24, 2.45) is 7.05 Å². The van der Waals surface area contributed by atoms with Crippen LogP contribution in [0.2, 0.25) is 0 Å². The highest BCUT2D eigenvalue weighted by molar-refractivity contribution is 5.30. The predicted octanol–water partition coefficient (Wildman–Crippen LogP) is 1.82. The van der Waals surface area contributed by atoms with E-state index in [2.05, 4.69) is 10.1 Å². The Labute approximate surface area is 96.8 Å². The van der Waals surface area contributed by atoms with E-state index in [4.69, 9.17) is 4.74 Å². The van der Waals surface area contributed by atoms with E-state index in [0.29, 0.717) is 11.6 Å². The second kappa shape index (κ2) is 4.20. The van der Waals surface area contributed by atoms with Gasteiger partial charge < -0.3 is 14.9 Å². The van der Waals surface area contributed by atoms with E-state index in [1.54, 1.807) is 17.8 Å². The van der Waals surface area contributed by atoms with E-state index < -0.39 is 4.92 Å². The first-order chi connectivity index (χ1) is 8.06. The topological polar surface area (TPSA) is 83.1 Å². The third kappa shape index (κ3) is 2.39. The van der Waals surface area contributed by atoms with Gasteiger partial charge in [-0.2, -0.15) is 5.10 Å². The van der Waals surface area contributed by atoms with Crippen LogP contribution in [0.5, 0.6) is 11.6 Å². The summed E-state index contributed by atoms with van der Waals surface area (Å²) in [5.41, 5.74) is 0.831. The van der Waals surface area contributed by atoms with E-state index in [1.165, 1.54) is 18.3 Å². The van der Waals surface area contributed by atoms with E-state index in [9.17, 15) is 10.1 Å². The fourth-order valence-electron chi connectivity index (χ4n) is 1.34. The zero-order valence-electron chi connectivity index (χ0n) is 9.32. The van der Waals surface area contributed by atoms with Crippen LogP contribution in [0.1, 0.15) is 5.69 Å². The van der Waals surface area contributed by atoms with Gasteiger partial charge in [0.1, 0.15) is 0 Å². The summed E-state index contributed by atoms with van der Waals surface area (Å²) >= 11 is 0. The molecule has 2 heterocycles. The molecule has 17 heavy (non-hydrogen) atoms.